The Kier molecular flexibility index (Phi) is 6.18. The maximum atomic E-state index is 12.9. The lowest BCUT2D eigenvalue weighted by Crippen LogP contribution is -2.43. The number of pyridine rings is 1. The summed E-state index contributed by atoms with van der Waals surface area (Å²) in [5.74, 6) is 0.710. The van der Waals surface area contributed by atoms with Gasteiger partial charge in [0, 0.05) is 49.9 Å². The number of methoxy groups -OCH3 is 1. The molecule has 0 atom stereocenters. The second-order valence-corrected chi connectivity index (χ2v) is 7.85. The van der Waals surface area contributed by atoms with E-state index in [-0.39, 0.29) is 0 Å². The summed E-state index contributed by atoms with van der Waals surface area (Å²) < 4.78 is 11.1. The van der Waals surface area contributed by atoms with E-state index in [0.717, 1.165) is 37.1 Å². The van der Waals surface area contributed by atoms with Crippen molar-refractivity contribution in [2.45, 2.75) is 6.54 Å². The number of fused-ring (bicyclic) bond motifs is 1. The number of piperazine rings is 1. The molecule has 0 saturated carbocycles. The highest BCUT2D eigenvalue weighted by Gasteiger charge is 2.21. The number of rotatable bonds is 5. The Morgan fingerprint density at radius 1 is 1.13 bits per heavy atom. The van der Waals surface area contributed by atoms with E-state index in [0.29, 0.717) is 34.1 Å². The average molecular weight is 426 g/mol. The molecule has 1 aliphatic heterocycles. The van der Waals surface area contributed by atoms with Gasteiger partial charge in [0.2, 0.25) is 0 Å². The molecule has 1 aromatic heterocycles. The normalized spacial score (nSPS) is 15.3. The van der Waals surface area contributed by atoms with Crippen LogP contribution in [0.2, 0.25) is 5.02 Å². The summed E-state index contributed by atoms with van der Waals surface area (Å²) in [6.45, 7) is 4.53. The largest absolute Gasteiger partial charge is 0.497 e. The Bertz CT molecular complexity index is 1050. The highest BCUT2D eigenvalue weighted by Crippen LogP contribution is 2.35. The van der Waals surface area contributed by atoms with Crippen molar-refractivity contribution in [2.75, 3.05) is 40.3 Å². The minimum Gasteiger partial charge on any atom is -0.497 e. The zero-order valence-electron chi connectivity index (χ0n) is 17.1. The molecule has 0 unspecified atom stereocenters. The molecule has 0 radical (unpaired) electrons. The van der Waals surface area contributed by atoms with E-state index in [2.05, 4.69) is 21.8 Å². The van der Waals surface area contributed by atoms with Crippen molar-refractivity contribution in [3.63, 3.8) is 0 Å². The number of hydrogen-bond donors (Lipinski definition) is 0. The van der Waals surface area contributed by atoms with E-state index in [9.17, 15) is 4.79 Å². The molecule has 1 fully saturated rings. The third-order valence-electron chi connectivity index (χ3n) is 5.38. The first kappa shape index (κ1) is 20.6. The zero-order chi connectivity index (χ0) is 21.1. The number of carbonyl (C=O) groups is 1. The van der Waals surface area contributed by atoms with Crippen molar-refractivity contribution in [1.29, 1.82) is 0 Å². The minimum absolute atomic E-state index is 0.438. The molecule has 0 aliphatic carbocycles. The quantitative estimate of drug-likeness (QED) is 0.457. The van der Waals surface area contributed by atoms with Gasteiger partial charge in [0.1, 0.15) is 11.3 Å². The van der Waals surface area contributed by atoms with Crippen LogP contribution in [0, 0.1) is 0 Å². The van der Waals surface area contributed by atoms with Gasteiger partial charge in [-0.2, -0.15) is 0 Å². The lowest BCUT2D eigenvalue weighted by molar-refractivity contribution is 0.0732. The van der Waals surface area contributed by atoms with Crippen LogP contribution < -0.4 is 9.47 Å². The van der Waals surface area contributed by atoms with Crippen molar-refractivity contribution < 1.29 is 14.3 Å². The maximum Gasteiger partial charge on any atom is 0.343 e. The monoisotopic (exact) mass is 425 g/mol. The number of likely N-dealkylation sites (N-methyl/N-ethyl adjacent to an activating group) is 1. The second kappa shape index (κ2) is 9.00. The molecule has 0 N–H and O–H groups in total. The molecular weight excluding hydrogens is 402 g/mol. The summed E-state index contributed by atoms with van der Waals surface area (Å²) in [4.78, 5) is 22.0. The van der Waals surface area contributed by atoms with E-state index in [1.54, 1.807) is 37.6 Å². The molecule has 2 heterocycles. The fourth-order valence-electron chi connectivity index (χ4n) is 3.58. The number of nitrogens with zero attached hydrogens (tertiary/aromatic N) is 3. The van der Waals surface area contributed by atoms with Gasteiger partial charge in [-0.05, 0) is 49.5 Å². The van der Waals surface area contributed by atoms with Gasteiger partial charge in [-0.3, -0.25) is 9.88 Å². The van der Waals surface area contributed by atoms with E-state index >= 15 is 0 Å². The lowest BCUT2D eigenvalue weighted by Gasteiger charge is -2.32. The molecule has 1 saturated heterocycles. The fourth-order valence-corrected chi connectivity index (χ4v) is 3.87. The van der Waals surface area contributed by atoms with Gasteiger partial charge in [0.25, 0.3) is 0 Å². The highest BCUT2D eigenvalue weighted by molar-refractivity contribution is 6.35. The average Bonchev–Trinajstić information content (AvgIpc) is 2.78. The Morgan fingerprint density at radius 3 is 2.57 bits per heavy atom. The third kappa shape index (κ3) is 4.41. The first-order valence-electron chi connectivity index (χ1n) is 9.88. The third-order valence-corrected chi connectivity index (χ3v) is 5.70. The van der Waals surface area contributed by atoms with Crippen molar-refractivity contribution in [1.82, 2.24) is 14.8 Å². The fraction of sp³-hybridized carbons (Fsp3) is 0.304. The van der Waals surface area contributed by atoms with E-state index < -0.39 is 5.97 Å². The topological polar surface area (TPSA) is 54.9 Å². The maximum absolute atomic E-state index is 12.9. The number of hydrogen-bond acceptors (Lipinski definition) is 6. The number of carbonyl (C=O) groups excluding carboxylic acids is 1. The number of esters is 1. The van der Waals surface area contributed by atoms with Gasteiger partial charge >= 0.3 is 5.97 Å². The van der Waals surface area contributed by atoms with Crippen molar-refractivity contribution in [3.8, 4) is 11.5 Å². The number of aromatic nitrogens is 1. The summed E-state index contributed by atoms with van der Waals surface area (Å²) in [7, 11) is 3.71. The van der Waals surface area contributed by atoms with Crippen LogP contribution in [-0.2, 0) is 6.54 Å². The van der Waals surface area contributed by atoms with Crippen LogP contribution in [0.25, 0.3) is 10.9 Å². The van der Waals surface area contributed by atoms with Gasteiger partial charge in [0.15, 0.2) is 5.75 Å². The molecule has 0 bridgehead atoms. The molecular formula is C23H24ClN3O3. The van der Waals surface area contributed by atoms with Crippen molar-refractivity contribution in [2.24, 2.45) is 0 Å². The van der Waals surface area contributed by atoms with E-state index in [1.165, 1.54) is 0 Å². The van der Waals surface area contributed by atoms with Gasteiger partial charge < -0.3 is 14.4 Å². The van der Waals surface area contributed by atoms with Crippen molar-refractivity contribution >= 4 is 28.5 Å². The second-order valence-electron chi connectivity index (χ2n) is 7.44. The lowest BCUT2D eigenvalue weighted by atomic mass is 10.1. The van der Waals surface area contributed by atoms with E-state index in [1.807, 2.05) is 18.2 Å². The van der Waals surface area contributed by atoms with Crippen LogP contribution in [0.15, 0.2) is 48.7 Å². The molecule has 1 aliphatic rings. The van der Waals surface area contributed by atoms with Gasteiger partial charge in [0.05, 0.1) is 17.7 Å². The SMILES string of the molecule is COc1ccc(C(=O)Oc2c(CN3CCN(C)CC3)cc(Cl)c3cccnc23)cc1. The Labute approximate surface area is 181 Å². The van der Waals surface area contributed by atoms with Crippen LogP contribution in [0.3, 0.4) is 0 Å². The summed E-state index contributed by atoms with van der Waals surface area (Å²) in [5.41, 5.74) is 1.90. The summed E-state index contributed by atoms with van der Waals surface area (Å²) in [6, 6.07) is 12.4. The molecule has 2 aromatic carbocycles. The highest BCUT2D eigenvalue weighted by atomic mass is 35.5. The zero-order valence-corrected chi connectivity index (χ0v) is 17.9. The van der Waals surface area contributed by atoms with Crippen LogP contribution in [0.4, 0.5) is 0 Å². The Balaban J connectivity index is 1.68. The first-order chi connectivity index (χ1) is 14.5. The molecule has 0 spiro atoms. The van der Waals surface area contributed by atoms with Gasteiger partial charge in [-0.1, -0.05) is 11.6 Å². The van der Waals surface area contributed by atoms with Gasteiger partial charge in [-0.25, -0.2) is 4.79 Å². The molecule has 6 nitrogen and oxygen atoms in total. The van der Waals surface area contributed by atoms with Crippen LogP contribution >= 0.6 is 11.6 Å². The molecule has 4 rings (SSSR count). The number of benzene rings is 2. The molecule has 30 heavy (non-hydrogen) atoms. The predicted molar refractivity (Wildman–Crippen MR) is 117 cm³/mol. The first-order valence-corrected chi connectivity index (χ1v) is 10.3. The Hall–Kier alpha value is -2.67. The van der Waals surface area contributed by atoms with Crippen LogP contribution in [0.1, 0.15) is 15.9 Å². The van der Waals surface area contributed by atoms with Gasteiger partial charge in [-0.15, -0.1) is 0 Å². The van der Waals surface area contributed by atoms with Crippen LogP contribution in [0.5, 0.6) is 11.5 Å². The standard InChI is InChI=1S/C23H24ClN3O3/c1-26-10-12-27(13-11-26)15-17-14-20(24)19-4-3-9-25-21(19)22(17)30-23(28)16-5-7-18(29-2)8-6-16/h3-9,14H,10-13,15H2,1-2H3. The summed E-state index contributed by atoms with van der Waals surface area (Å²) in [5, 5.41) is 1.37. The molecule has 3 aromatic rings. The molecule has 156 valence electrons. The van der Waals surface area contributed by atoms with E-state index in [4.69, 9.17) is 21.1 Å². The predicted octanol–water partition coefficient (Wildman–Crippen LogP) is 3.86. The van der Waals surface area contributed by atoms with Crippen molar-refractivity contribution in [3.05, 3.63) is 64.8 Å². The van der Waals surface area contributed by atoms with Crippen LogP contribution in [-0.4, -0.2) is 61.1 Å². The summed E-state index contributed by atoms with van der Waals surface area (Å²) >= 11 is 6.54. The number of halogens is 1. The smallest absolute Gasteiger partial charge is 0.343 e. The minimum atomic E-state index is -0.438. The number of ether oxygens (including phenoxy) is 2. The Morgan fingerprint density at radius 2 is 1.87 bits per heavy atom. The molecule has 7 heteroatoms. The summed E-state index contributed by atoms with van der Waals surface area (Å²) in [6.07, 6.45) is 1.68. The molecule has 0 amide bonds.